The van der Waals surface area contributed by atoms with Crippen molar-refractivity contribution in [1.29, 1.82) is 0 Å². The minimum atomic E-state index is -0.223. The molecular formula is C28H27N3O3. The fraction of sp³-hybridized carbons (Fsp3) is 0.179. The smallest absolute Gasteiger partial charge is 0.256 e. The second-order valence-corrected chi connectivity index (χ2v) is 8.35. The lowest BCUT2D eigenvalue weighted by Crippen LogP contribution is -2.31. The number of nitrogens with one attached hydrogen (secondary N) is 2. The third-order valence-electron chi connectivity index (χ3n) is 5.37. The molecule has 1 heterocycles. The average molecular weight is 454 g/mol. The van der Waals surface area contributed by atoms with Gasteiger partial charge in [-0.05, 0) is 67.9 Å². The molecule has 6 nitrogen and oxygen atoms in total. The zero-order chi connectivity index (χ0) is 24.1. The number of anilines is 1. The van der Waals surface area contributed by atoms with E-state index in [0.29, 0.717) is 23.4 Å². The number of aromatic nitrogens is 1. The number of hydrogen-bond acceptors (Lipinski definition) is 4. The van der Waals surface area contributed by atoms with E-state index in [2.05, 4.69) is 10.6 Å². The molecule has 172 valence electrons. The topological polar surface area (TPSA) is 80.3 Å². The first-order chi connectivity index (χ1) is 16.4. The van der Waals surface area contributed by atoms with Crippen LogP contribution < -0.4 is 15.4 Å². The van der Waals surface area contributed by atoms with Gasteiger partial charge in [0.15, 0.2) is 0 Å². The standard InChI is InChI=1S/C28H27N3O3/c1-18(2)29-27(32)16-19-8-12-21(13-9-19)30-28(33)24-17-26(20-10-14-22(34-3)15-11-20)31-25-7-5-4-6-23(24)25/h4-15,17-18H,16H2,1-3H3,(H,29,32)(H,30,33). The predicted molar refractivity (Wildman–Crippen MR) is 135 cm³/mol. The van der Waals surface area contributed by atoms with Gasteiger partial charge in [-0.2, -0.15) is 0 Å². The molecule has 0 bridgehead atoms. The predicted octanol–water partition coefficient (Wildman–Crippen LogP) is 5.23. The van der Waals surface area contributed by atoms with E-state index >= 15 is 0 Å². The van der Waals surface area contributed by atoms with Crippen molar-refractivity contribution in [3.63, 3.8) is 0 Å². The van der Waals surface area contributed by atoms with E-state index in [0.717, 1.165) is 27.8 Å². The minimum Gasteiger partial charge on any atom is -0.497 e. The van der Waals surface area contributed by atoms with Gasteiger partial charge in [0.05, 0.1) is 30.3 Å². The van der Waals surface area contributed by atoms with E-state index in [1.54, 1.807) is 7.11 Å². The van der Waals surface area contributed by atoms with Gasteiger partial charge in [-0.15, -0.1) is 0 Å². The summed E-state index contributed by atoms with van der Waals surface area (Å²) in [6.07, 6.45) is 0.298. The lowest BCUT2D eigenvalue weighted by Gasteiger charge is -2.12. The second kappa shape index (κ2) is 10.2. The number of amides is 2. The van der Waals surface area contributed by atoms with E-state index < -0.39 is 0 Å². The first kappa shape index (κ1) is 23.0. The van der Waals surface area contributed by atoms with Crippen LogP contribution in [0.1, 0.15) is 29.8 Å². The van der Waals surface area contributed by atoms with Crippen LogP contribution in [0.25, 0.3) is 22.2 Å². The zero-order valence-corrected chi connectivity index (χ0v) is 19.5. The van der Waals surface area contributed by atoms with Crippen molar-refractivity contribution in [1.82, 2.24) is 10.3 Å². The van der Waals surface area contributed by atoms with Gasteiger partial charge in [0, 0.05) is 22.7 Å². The molecular weight excluding hydrogens is 426 g/mol. The van der Waals surface area contributed by atoms with Crippen molar-refractivity contribution in [2.75, 3.05) is 12.4 Å². The number of carbonyl (C=O) groups excluding carboxylic acids is 2. The van der Waals surface area contributed by atoms with Crippen LogP contribution in [0.5, 0.6) is 5.75 Å². The average Bonchev–Trinajstić information content (AvgIpc) is 2.84. The number of ether oxygens (including phenoxy) is 1. The molecule has 0 aliphatic rings. The summed E-state index contributed by atoms with van der Waals surface area (Å²) in [5, 5.41) is 6.63. The maximum absolute atomic E-state index is 13.3. The maximum Gasteiger partial charge on any atom is 0.256 e. The Morgan fingerprint density at radius 1 is 0.941 bits per heavy atom. The quantitative estimate of drug-likeness (QED) is 0.402. The van der Waals surface area contributed by atoms with Crippen molar-refractivity contribution >= 4 is 28.4 Å². The highest BCUT2D eigenvalue weighted by atomic mass is 16.5. The SMILES string of the molecule is COc1ccc(-c2cc(C(=O)Nc3ccc(CC(=O)NC(C)C)cc3)c3ccccc3n2)cc1. The number of fused-ring (bicyclic) bond motifs is 1. The van der Waals surface area contributed by atoms with Gasteiger partial charge < -0.3 is 15.4 Å². The first-order valence-corrected chi connectivity index (χ1v) is 11.2. The van der Waals surface area contributed by atoms with Crippen LogP contribution in [0.3, 0.4) is 0 Å². The van der Waals surface area contributed by atoms with E-state index in [1.807, 2.05) is 92.7 Å². The summed E-state index contributed by atoms with van der Waals surface area (Å²) in [6.45, 7) is 3.86. The van der Waals surface area contributed by atoms with Gasteiger partial charge >= 0.3 is 0 Å². The summed E-state index contributed by atoms with van der Waals surface area (Å²) in [5.74, 6) is 0.507. The molecule has 0 radical (unpaired) electrons. The zero-order valence-electron chi connectivity index (χ0n) is 19.5. The van der Waals surface area contributed by atoms with Crippen molar-refractivity contribution in [2.24, 2.45) is 0 Å². The van der Waals surface area contributed by atoms with Gasteiger partial charge in [0.1, 0.15) is 5.75 Å². The molecule has 0 aliphatic carbocycles. The number of carbonyl (C=O) groups is 2. The summed E-state index contributed by atoms with van der Waals surface area (Å²) >= 11 is 0. The van der Waals surface area contributed by atoms with Crippen molar-refractivity contribution in [3.05, 3.63) is 90.0 Å². The Morgan fingerprint density at radius 2 is 1.65 bits per heavy atom. The van der Waals surface area contributed by atoms with Gasteiger partial charge in [-0.25, -0.2) is 4.98 Å². The van der Waals surface area contributed by atoms with Crippen molar-refractivity contribution in [2.45, 2.75) is 26.3 Å². The second-order valence-electron chi connectivity index (χ2n) is 8.35. The number of nitrogens with zero attached hydrogens (tertiary/aromatic N) is 1. The van der Waals surface area contributed by atoms with Gasteiger partial charge in [-0.3, -0.25) is 9.59 Å². The highest BCUT2D eigenvalue weighted by molar-refractivity contribution is 6.13. The molecule has 1 aromatic heterocycles. The molecule has 0 fully saturated rings. The highest BCUT2D eigenvalue weighted by Crippen LogP contribution is 2.27. The molecule has 4 rings (SSSR count). The third-order valence-corrected chi connectivity index (χ3v) is 5.37. The van der Waals surface area contributed by atoms with Crippen LogP contribution in [0, 0.1) is 0 Å². The summed E-state index contributed by atoms with van der Waals surface area (Å²) in [6, 6.07) is 24.4. The van der Waals surface area contributed by atoms with Crippen LogP contribution >= 0.6 is 0 Å². The molecule has 0 aliphatic heterocycles. The molecule has 0 spiro atoms. The van der Waals surface area contributed by atoms with Gasteiger partial charge in [-0.1, -0.05) is 30.3 Å². The normalized spacial score (nSPS) is 10.8. The Bertz CT molecular complexity index is 1310. The summed E-state index contributed by atoms with van der Waals surface area (Å²) in [7, 11) is 1.62. The van der Waals surface area contributed by atoms with Crippen LogP contribution in [0.4, 0.5) is 5.69 Å². The summed E-state index contributed by atoms with van der Waals surface area (Å²) in [4.78, 5) is 30.0. The number of hydrogen-bond donors (Lipinski definition) is 2. The molecule has 3 aromatic carbocycles. The van der Waals surface area contributed by atoms with Gasteiger partial charge in [0.2, 0.25) is 5.91 Å². The highest BCUT2D eigenvalue weighted by Gasteiger charge is 2.15. The molecule has 0 saturated carbocycles. The fourth-order valence-corrected chi connectivity index (χ4v) is 3.74. The molecule has 34 heavy (non-hydrogen) atoms. The Kier molecular flexibility index (Phi) is 6.87. The number of para-hydroxylation sites is 1. The summed E-state index contributed by atoms with van der Waals surface area (Å²) in [5.41, 5.74) is 4.42. The number of rotatable bonds is 7. The van der Waals surface area contributed by atoms with E-state index in [9.17, 15) is 9.59 Å². The lowest BCUT2D eigenvalue weighted by molar-refractivity contribution is -0.120. The third kappa shape index (κ3) is 5.41. The molecule has 0 atom stereocenters. The van der Waals surface area contributed by atoms with E-state index in [4.69, 9.17) is 9.72 Å². The molecule has 4 aromatic rings. The number of methoxy groups -OCH3 is 1. The van der Waals surface area contributed by atoms with Gasteiger partial charge in [0.25, 0.3) is 5.91 Å². The lowest BCUT2D eigenvalue weighted by atomic mass is 10.0. The minimum absolute atomic E-state index is 0.0268. The Morgan fingerprint density at radius 3 is 2.32 bits per heavy atom. The summed E-state index contributed by atoms with van der Waals surface area (Å²) < 4.78 is 5.24. The number of pyridine rings is 1. The van der Waals surface area contributed by atoms with Crippen LogP contribution in [-0.2, 0) is 11.2 Å². The molecule has 2 amide bonds. The largest absolute Gasteiger partial charge is 0.497 e. The molecule has 6 heteroatoms. The molecule has 2 N–H and O–H groups in total. The number of benzene rings is 3. The Balaban J connectivity index is 1.58. The van der Waals surface area contributed by atoms with E-state index in [1.165, 1.54) is 0 Å². The fourth-order valence-electron chi connectivity index (χ4n) is 3.74. The van der Waals surface area contributed by atoms with Crippen molar-refractivity contribution < 1.29 is 14.3 Å². The first-order valence-electron chi connectivity index (χ1n) is 11.2. The molecule has 0 saturated heterocycles. The monoisotopic (exact) mass is 453 g/mol. The van der Waals surface area contributed by atoms with Crippen molar-refractivity contribution in [3.8, 4) is 17.0 Å². The Labute approximate surface area is 199 Å². The van der Waals surface area contributed by atoms with Crippen LogP contribution in [0.15, 0.2) is 78.9 Å². The molecule has 0 unspecified atom stereocenters. The van der Waals surface area contributed by atoms with Crippen LogP contribution in [0.2, 0.25) is 0 Å². The maximum atomic E-state index is 13.3. The van der Waals surface area contributed by atoms with E-state index in [-0.39, 0.29) is 17.9 Å². The Hall–Kier alpha value is -4.19. The van der Waals surface area contributed by atoms with Crippen LogP contribution in [-0.4, -0.2) is 29.9 Å².